The van der Waals surface area contributed by atoms with Gasteiger partial charge in [0.25, 0.3) is 0 Å². The summed E-state index contributed by atoms with van der Waals surface area (Å²) in [4.78, 5) is 10.8. The van der Waals surface area contributed by atoms with Crippen molar-refractivity contribution in [1.29, 1.82) is 0 Å². The smallest absolute Gasteiger partial charge is 0.406 e. The molecule has 18 heavy (non-hydrogen) atoms. The van der Waals surface area contributed by atoms with Gasteiger partial charge in [-0.1, -0.05) is 6.07 Å². The number of nitrogens with one attached hydrogen (secondary N) is 1. The van der Waals surface area contributed by atoms with Crippen molar-refractivity contribution in [3.05, 3.63) is 23.8 Å². The predicted octanol–water partition coefficient (Wildman–Crippen LogP) is 1.19. The van der Waals surface area contributed by atoms with Gasteiger partial charge < -0.3 is 24.6 Å². The molecular weight excluding hydrogens is 238 g/mol. The number of ether oxygens (including phenoxy) is 3. The minimum Gasteiger partial charge on any atom is -0.454 e. The van der Waals surface area contributed by atoms with Crippen LogP contribution in [0.4, 0.5) is 4.79 Å². The first-order chi connectivity index (χ1) is 8.70. The molecule has 0 radical (unpaired) electrons. The van der Waals surface area contributed by atoms with Crippen molar-refractivity contribution in [3.63, 3.8) is 0 Å². The quantitative estimate of drug-likeness (QED) is 0.843. The van der Waals surface area contributed by atoms with Gasteiger partial charge in [-0.2, -0.15) is 0 Å². The summed E-state index contributed by atoms with van der Waals surface area (Å²) in [5.74, 6) is 1.31. The normalized spacial score (nSPS) is 14.1. The second-order valence-electron chi connectivity index (χ2n) is 3.84. The Kier molecular flexibility index (Phi) is 3.88. The van der Waals surface area contributed by atoms with Gasteiger partial charge in [-0.15, -0.1) is 0 Å². The highest BCUT2D eigenvalue weighted by molar-refractivity contribution is 5.66. The van der Waals surface area contributed by atoms with Crippen LogP contribution in [0.2, 0.25) is 0 Å². The van der Waals surface area contributed by atoms with Gasteiger partial charge in [0.05, 0.1) is 13.2 Å². The molecule has 0 aromatic heterocycles. The van der Waals surface area contributed by atoms with Gasteiger partial charge in [0.1, 0.15) is 0 Å². The van der Waals surface area contributed by atoms with Gasteiger partial charge in [-0.3, -0.25) is 0 Å². The second-order valence-corrected chi connectivity index (χ2v) is 3.84. The molecule has 98 valence electrons. The summed E-state index contributed by atoms with van der Waals surface area (Å²) in [6.07, 6.45) is -0.779. The molecule has 1 aromatic carbocycles. The Balaban J connectivity index is 1.89. The van der Waals surface area contributed by atoms with Crippen molar-refractivity contribution >= 4 is 6.09 Å². The Labute approximate surface area is 104 Å². The molecule has 0 aliphatic carbocycles. The highest BCUT2D eigenvalue weighted by atomic mass is 16.7. The average molecular weight is 253 g/mol. The lowest BCUT2D eigenvalue weighted by Crippen LogP contribution is -2.25. The van der Waals surface area contributed by atoms with Crippen LogP contribution in [0.1, 0.15) is 18.1 Å². The Hall–Kier alpha value is -1.95. The lowest BCUT2D eigenvalue weighted by atomic mass is 10.1. The summed E-state index contributed by atoms with van der Waals surface area (Å²) >= 11 is 0. The summed E-state index contributed by atoms with van der Waals surface area (Å²) in [7, 11) is 1.30. The number of amides is 1. The number of carbonyl (C=O) groups excluding carboxylic acids is 1. The number of rotatable bonds is 4. The number of hydrogen-bond donors (Lipinski definition) is 2. The van der Waals surface area contributed by atoms with Gasteiger partial charge in [-0.05, 0) is 24.1 Å². The van der Waals surface area contributed by atoms with Crippen LogP contribution in [0, 0.1) is 0 Å². The SMILES string of the molecule is COC(=O)NCCC(O)c1ccc2c(c1)OCO2. The molecular formula is C12H15NO5. The average Bonchev–Trinajstić information content (AvgIpc) is 2.85. The van der Waals surface area contributed by atoms with Crippen molar-refractivity contribution in [2.75, 3.05) is 20.4 Å². The lowest BCUT2D eigenvalue weighted by molar-refractivity contribution is 0.154. The Morgan fingerprint density at radius 1 is 1.50 bits per heavy atom. The number of benzene rings is 1. The van der Waals surface area contributed by atoms with E-state index >= 15 is 0 Å². The summed E-state index contributed by atoms with van der Waals surface area (Å²) in [5, 5.41) is 12.5. The van der Waals surface area contributed by atoms with E-state index in [9.17, 15) is 9.90 Å². The van der Waals surface area contributed by atoms with Gasteiger partial charge in [-0.25, -0.2) is 4.79 Å². The summed E-state index contributed by atoms with van der Waals surface area (Å²) in [5.41, 5.74) is 0.728. The summed E-state index contributed by atoms with van der Waals surface area (Å²) < 4.78 is 14.8. The zero-order chi connectivity index (χ0) is 13.0. The maximum atomic E-state index is 10.8. The van der Waals surface area contributed by atoms with Crippen molar-refractivity contribution in [1.82, 2.24) is 5.32 Å². The van der Waals surface area contributed by atoms with Crippen molar-refractivity contribution in [2.45, 2.75) is 12.5 Å². The van der Waals surface area contributed by atoms with Gasteiger partial charge in [0.15, 0.2) is 11.5 Å². The first-order valence-electron chi connectivity index (χ1n) is 5.60. The lowest BCUT2D eigenvalue weighted by Gasteiger charge is -2.11. The third-order valence-corrected chi connectivity index (χ3v) is 2.65. The van der Waals surface area contributed by atoms with Crippen LogP contribution in [0.3, 0.4) is 0 Å². The third kappa shape index (κ3) is 2.84. The van der Waals surface area contributed by atoms with Crippen LogP contribution in [0.25, 0.3) is 0 Å². The molecule has 0 fully saturated rings. The van der Waals surface area contributed by atoms with Gasteiger partial charge in [0, 0.05) is 6.54 Å². The monoisotopic (exact) mass is 253 g/mol. The molecule has 6 nitrogen and oxygen atoms in total. The standard InChI is InChI=1S/C12H15NO5/c1-16-12(15)13-5-4-9(14)8-2-3-10-11(6-8)18-7-17-10/h2-3,6,9,14H,4-5,7H2,1H3,(H,13,15). The fourth-order valence-corrected chi connectivity index (χ4v) is 1.67. The molecule has 0 saturated heterocycles. The number of hydrogen-bond acceptors (Lipinski definition) is 5. The third-order valence-electron chi connectivity index (χ3n) is 2.65. The van der Waals surface area contributed by atoms with Crippen LogP contribution in [0.5, 0.6) is 11.5 Å². The van der Waals surface area contributed by atoms with E-state index in [0.29, 0.717) is 24.5 Å². The van der Waals surface area contributed by atoms with E-state index < -0.39 is 12.2 Å². The Bertz CT molecular complexity index is 434. The van der Waals surface area contributed by atoms with Crippen LogP contribution in [0.15, 0.2) is 18.2 Å². The van der Waals surface area contributed by atoms with E-state index in [0.717, 1.165) is 5.56 Å². The molecule has 2 N–H and O–H groups in total. The fourth-order valence-electron chi connectivity index (χ4n) is 1.67. The van der Waals surface area contributed by atoms with E-state index in [1.165, 1.54) is 7.11 Å². The fraction of sp³-hybridized carbons (Fsp3) is 0.417. The Morgan fingerprint density at radius 2 is 2.28 bits per heavy atom. The van der Waals surface area contributed by atoms with Crippen molar-refractivity contribution in [2.24, 2.45) is 0 Å². The molecule has 0 bridgehead atoms. The second kappa shape index (κ2) is 5.59. The molecule has 6 heteroatoms. The molecule has 2 rings (SSSR count). The van der Waals surface area contributed by atoms with E-state index in [-0.39, 0.29) is 6.79 Å². The zero-order valence-corrected chi connectivity index (χ0v) is 10.0. The van der Waals surface area contributed by atoms with Gasteiger partial charge >= 0.3 is 6.09 Å². The minimum atomic E-state index is -0.670. The number of fused-ring (bicyclic) bond motifs is 1. The first kappa shape index (κ1) is 12.5. The highest BCUT2D eigenvalue weighted by Gasteiger charge is 2.16. The molecule has 1 amide bonds. The van der Waals surface area contributed by atoms with E-state index in [1.807, 2.05) is 0 Å². The summed E-state index contributed by atoms with van der Waals surface area (Å²) in [6, 6.07) is 5.27. The molecule has 1 aliphatic heterocycles. The van der Waals surface area contributed by atoms with Crippen LogP contribution >= 0.6 is 0 Å². The van der Waals surface area contributed by atoms with E-state index in [4.69, 9.17) is 9.47 Å². The number of methoxy groups -OCH3 is 1. The van der Waals surface area contributed by atoms with Crippen LogP contribution in [-0.2, 0) is 4.74 Å². The largest absolute Gasteiger partial charge is 0.454 e. The molecule has 0 saturated carbocycles. The highest BCUT2D eigenvalue weighted by Crippen LogP contribution is 2.34. The Morgan fingerprint density at radius 3 is 3.06 bits per heavy atom. The molecule has 1 heterocycles. The van der Waals surface area contributed by atoms with E-state index in [2.05, 4.69) is 10.1 Å². The molecule has 1 aromatic rings. The molecule has 0 spiro atoms. The maximum absolute atomic E-state index is 10.8. The first-order valence-corrected chi connectivity index (χ1v) is 5.60. The maximum Gasteiger partial charge on any atom is 0.406 e. The van der Waals surface area contributed by atoms with Gasteiger partial charge in [0.2, 0.25) is 6.79 Å². The van der Waals surface area contributed by atoms with Crippen molar-refractivity contribution in [3.8, 4) is 11.5 Å². The number of aliphatic hydroxyl groups excluding tert-OH is 1. The van der Waals surface area contributed by atoms with E-state index in [1.54, 1.807) is 18.2 Å². The summed E-state index contributed by atoms with van der Waals surface area (Å²) in [6.45, 7) is 0.543. The molecule has 1 aliphatic rings. The molecule has 1 atom stereocenters. The predicted molar refractivity (Wildman–Crippen MR) is 62.5 cm³/mol. The van der Waals surface area contributed by atoms with Crippen LogP contribution < -0.4 is 14.8 Å². The van der Waals surface area contributed by atoms with Crippen LogP contribution in [-0.4, -0.2) is 31.6 Å². The number of carbonyl (C=O) groups is 1. The minimum absolute atomic E-state index is 0.207. The molecule has 1 unspecified atom stereocenters. The zero-order valence-electron chi connectivity index (χ0n) is 10.0. The number of aliphatic hydroxyl groups is 1. The van der Waals surface area contributed by atoms with Crippen molar-refractivity contribution < 1.29 is 24.1 Å². The number of alkyl carbamates (subject to hydrolysis) is 1. The topological polar surface area (TPSA) is 77.0 Å².